The minimum atomic E-state index is -0.456. The van der Waals surface area contributed by atoms with E-state index in [4.69, 9.17) is 4.74 Å². The Morgan fingerprint density at radius 2 is 1.83 bits per heavy atom. The molecule has 0 saturated heterocycles. The van der Waals surface area contributed by atoms with Crippen molar-refractivity contribution in [3.8, 4) is 5.75 Å². The Hall–Kier alpha value is -4.07. The highest BCUT2D eigenvalue weighted by Gasteiger charge is 2.05. The van der Waals surface area contributed by atoms with E-state index in [9.17, 15) is 19.3 Å². The lowest BCUT2D eigenvalue weighted by Crippen LogP contribution is -2.17. The molecule has 0 spiro atoms. The van der Waals surface area contributed by atoms with E-state index in [1.54, 1.807) is 36.4 Å². The fraction of sp³-hybridized carbons (Fsp3) is 0.0476. The highest BCUT2D eigenvalue weighted by atomic mass is 19.1. The summed E-state index contributed by atoms with van der Waals surface area (Å²) in [5.41, 5.74) is 4.18. The zero-order valence-corrected chi connectivity index (χ0v) is 15.1. The molecular weight excluding hydrogens is 377 g/mol. The molecule has 8 heteroatoms. The fourth-order valence-corrected chi connectivity index (χ4v) is 2.40. The van der Waals surface area contributed by atoms with E-state index < -0.39 is 16.6 Å². The first-order chi connectivity index (χ1) is 14.0. The van der Waals surface area contributed by atoms with Crippen molar-refractivity contribution in [3.63, 3.8) is 0 Å². The molecule has 3 rings (SSSR count). The second-order valence-corrected chi connectivity index (χ2v) is 5.99. The van der Waals surface area contributed by atoms with Crippen LogP contribution in [0.1, 0.15) is 21.5 Å². The van der Waals surface area contributed by atoms with Crippen LogP contribution in [0.3, 0.4) is 0 Å². The van der Waals surface area contributed by atoms with Crippen molar-refractivity contribution in [3.05, 3.63) is 105 Å². The molecule has 29 heavy (non-hydrogen) atoms. The van der Waals surface area contributed by atoms with Gasteiger partial charge in [-0.15, -0.1) is 0 Å². The number of ether oxygens (including phenoxy) is 1. The Kier molecular flexibility index (Phi) is 6.26. The molecule has 7 nitrogen and oxygen atoms in total. The predicted molar refractivity (Wildman–Crippen MR) is 105 cm³/mol. The van der Waals surface area contributed by atoms with Crippen LogP contribution in [0.25, 0.3) is 0 Å². The van der Waals surface area contributed by atoms with Gasteiger partial charge in [0.25, 0.3) is 11.6 Å². The van der Waals surface area contributed by atoms with Gasteiger partial charge in [0.2, 0.25) is 0 Å². The highest BCUT2D eigenvalue weighted by molar-refractivity contribution is 5.94. The van der Waals surface area contributed by atoms with Crippen molar-refractivity contribution in [2.24, 2.45) is 5.10 Å². The van der Waals surface area contributed by atoms with E-state index in [0.29, 0.717) is 16.9 Å². The Morgan fingerprint density at radius 1 is 1.10 bits per heavy atom. The molecule has 0 aromatic heterocycles. The standard InChI is InChI=1S/C21H16FN3O4/c22-18-8-6-17(7-9-18)21(26)24-23-13-16-2-1-3-20(12-16)29-14-15-4-10-19(11-5-15)25(27)28/h1-13H,14H2,(H,24,26)/b23-13-. The van der Waals surface area contributed by atoms with Crippen molar-refractivity contribution >= 4 is 17.8 Å². The van der Waals surface area contributed by atoms with Crippen LogP contribution in [0.2, 0.25) is 0 Å². The molecule has 0 bridgehead atoms. The van der Waals surface area contributed by atoms with Gasteiger partial charge in [0.15, 0.2) is 0 Å². The van der Waals surface area contributed by atoms with Gasteiger partial charge in [-0.05, 0) is 59.7 Å². The quantitative estimate of drug-likeness (QED) is 0.372. The Labute approximate surface area is 165 Å². The van der Waals surface area contributed by atoms with E-state index in [-0.39, 0.29) is 12.3 Å². The number of nitro groups is 1. The summed E-state index contributed by atoms with van der Waals surface area (Å²) < 4.78 is 18.6. The van der Waals surface area contributed by atoms with Gasteiger partial charge in [0.1, 0.15) is 18.2 Å². The summed E-state index contributed by atoms with van der Waals surface area (Å²) in [5.74, 6) is -0.292. The molecule has 1 N–H and O–H groups in total. The molecule has 0 radical (unpaired) electrons. The number of carbonyl (C=O) groups excluding carboxylic acids is 1. The van der Waals surface area contributed by atoms with Crippen molar-refractivity contribution in [2.75, 3.05) is 0 Å². The minimum absolute atomic E-state index is 0.0228. The van der Waals surface area contributed by atoms with Gasteiger partial charge in [0, 0.05) is 17.7 Å². The summed E-state index contributed by atoms with van der Waals surface area (Å²) in [6, 6.07) is 18.3. The van der Waals surface area contributed by atoms with Crippen molar-refractivity contribution < 1.29 is 18.8 Å². The summed E-state index contributed by atoms with van der Waals surface area (Å²) in [7, 11) is 0. The molecule has 0 aliphatic carbocycles. The van der Waals surface area contributed by atoms with Gasteiger partial charge < -0.3 is 4.74 Å². The van der Waals surface area contributed by atoms with E-state index in [1.807, 2.05) is 0 Å². The van der Waals surface area contributed by atoms with Crippen LogP contribution in [0, 0.1) is 15.9 Å². The molecule has 3 aromatic rings. The van der Waals surface area contributed by atoms with Crippen LogP contribution in [-0.4, -0.2) is 17.0 Å². The van der Waals surface area contributed by atoms with Gasteiger partial charge in [0.05, 0.1) is 11.1 Å². The monoisotopic (exact) mass is 393 g/mol. The smallest absolute Gasteiger partial charge is 0.271 e. The van der Waals surface area contributed by atoms with E-state index in [0.717, 1.165) is 5.56 Å². The summed E-state index contributed by atoms with van der Waals surface area (Å²) in [4.78, 5) is 22.1. The van der Waals surface area contributed by atoms with Gasteiger partial charge in [-0.2, -0.15) is 5.10 Å². The summed E-state index contributed by atoms with van der Waals surface area (Å²) in [6.45, 7) is 0.250. The molecule has 3 aromatic carbocycles. The molecule has 0 aliphatic heterocycles. The van der Waals surface area contributed by atoms with E-state index in [1.165, 1.54) is 42.6 Å². The van der Waals surface area contributed by atoms with Gasteiger partial charge >= 0.3 is 0 Å². The average Bonchev–Trinajstić information content (AvgIpc) is 2.73. The zero-order chi connectivity index (χ0) is 20.6. The highest BCUT2D eigenvalue weighted by Crippen LogP contribution is 2.16. The van der Waals surface area contributed by atoms with Crippen molar-refractivity contribution in [1.82, 2.24) is 5.43 Å². The third kappa shape index (κ3) is 5.70. The largest absolute Gasteiger partial charge is 0.489 e. The molecule has 0 fully saturated rings. The maximum atomic E-state index is 12.9. The van der Waals surface area contributed by atoms with Crippen LogP contribution in [0.4, 0.5) is 10.1 Å². The van der Waals surface area contributed by atoms with Crippen LogP contribution in [-0.2, 0) is 6.61 Å². The lowest BCUT2D eigenvalue weighted by molar-refractivity contribution is -0.384. The average molecular weight is 393 g/mol. The maximum absolute atomic E-state index is 12.9. The number of amides is 1. The number of nitro benzene ring substituents is 1. The molecule has 0 unspecified atom stereocenters. The normalized spacial score (nSPS) is 10.7. The minimum Gasteiger partial charge on any atom is -0.489 e. The molecule has 146 valence electrons. The van der Waals surface area contributed by atoms with Crippen LogP contribution < -0.4 is 10.2 Å². The van der Waals surface area contributed by atoms with Gasteiger partial charge in [-0.25, -0.2) is 9.82 Å². The lowest BCUT2D eigenvalue weighted by atomic mass is 10.2. The van der Waals surface area contributed by atoms with Crippen LogP contribution in [0.15, 0.2) is 77.9 Å². The summed E-state index contributed by atoms with van der Waals surface area (Å²) in [5, 5.41) is 14.6. The van der Waals surface area contributed by atoms with E-state index >= 15 is 0 Å². The topological polar surface area (TPSA) is 93.8 Å². The third-order valence-electron chi connectivity index (χ3n) is 3.90. The Morgan fingerprint density at radius 3 is 2.52 bits per heavy atom. The molecule has 0 heterocycles. The maximum Gasteiger partial charge on any atom is 0.271 e. The number of benzene rings is 3. The number of carbonyl (C=O) groups is 1. The number of hydrazone groups is 1. The first-order valence-electron chi connectivity index (χ1n) is 8.56. The Bertz CT molecular complexity index is 1030. The van der Waals surface area contributed by atoms with Gasteiger partial charge in [-0.1, -0.05) is 12.1 Å². The molecule has 1 amide bonds. The number of non-ortho nitro benzene ring substituents is 1. The van der Waals surface area contributed by atoms with Crippen LogP contribution in [0.5, 0.6) is 5.75 Å². The number of halogens is 1. The Balaban J connectivity index is 1.56. The SMILES string of the molecule is O=C(N/N=C\c1cccc(OCc2ccc([N+](=O)[O-])cc2)c1)c1ccc(F)cc1. The number of nitrogens with one attached hydrogen (secondary N) is 1. The molecule has 0 atom stereocenters. The fourth-order valence-electron chi connectivity index (χ4n) is 2.40. The van der Waals surface area contributed by atoms with Crippen LogP contribution >= 0.6 is 0 Å². The predicted octanol–water partition coefficient (Wildman–Crippen LogP) is 4.08. The summed E-state index contributed by atoms with van der Waals surface area (Å²) in [6.07, 6.45) is 1.46. The van der Waals surface area contributed by atoms with Crippen molar-refractivity contribution in [2.45, 2.75) is 6.61 Å². The lowest BCUT2D eigenvalue weighted by Gasteiger charge is -2.07. The number of hydrogen-bond donors (Lipinski definition) is 1. The second-order valence-electron chi connectivity index (χ2n) is 5.99. The number of rotatable bonds is 7. The first-order valence-corrected chi connectivity index (χ1v) is 8.56. The summed E-state index contributed by atoms with van der Waals surface area (Å²) >= 11 is 0. The van der Waals surface area contributed by atoms with Crippen molar-refractivity contribution in [1.29, 1.82) is 0 Å². The third-order valence-corrected chi connectivity index (χ3v) is 3.90. The van der Waals surface area contributed by atoms with E-state index in [2.05, 4.69) is 10.5 Å². The number of hydrogen-bond acceptors (Lipinski definition) is 5. The number of nitrogens with zero attached hydrogens (tertiary/aromatic N) is 2. The zero-order valence-electron chi connectivity index (χ0n) is 15.1. The molecular formula is C21H16FN3O4. The van der Waals surface area contributed by atoms with Gasteiger partial charge in [-0.3, -0.25) is 14.9 Å². The second kappa shape index (κ2) is 9.23. The first kappa shape index (κ1) is 19.7. The molecule has 0 aliphatic rings. The molecule has 0 saturated carbocycles.